The number of hydrogen-bond acceptors (Lipinski definition) is 7. The Morgan fingerprint density at radius 2 is 2.16 bits per heavy atom. The minimum absolute atomic E-state index is 0.180. The lowest BCUT2D eigenvalue weighted by Crippen LogP contribution is -2.33. The second-order valence-electron chi connectivity index (χ2n) is 5.65. The highest BCUT2D eigenvalue weighted by Gasteiger charge is 2.39. The summed E-state index contributed by atoms with van der Waals surface area (Å²) in [5.74, 6) is -1.08. The molecule has 1 aliphatic rings. The quantitative estimate of drug-likeness (QED) is 0.722. The molecule has 1 fully saturated rings. The van der Waals surface area contributed by atoms with E-state index in [9.17, 15) is 23.9 Å². The van der Waals surface area contributed by atoms with E-state index in [1.165, 1.54) is 0 Å². The van der Waals surface area contributed by atoms with E-state index in [1.54, 1.807) is 0 Å². The minimum atomic E-state index is -1.09. The molecule has 3 atom stereocenters. The molecule has 25 heavy (non-hydrogen) atoms. The molecule has 0 radical (unpaired) electrons. The third-order valence-corrected chi connectivity index (χ3v) is 5.55. The number of H-pyrrole nitrogens is 1. The molecule has 0 saturated carbocycles. The van der Waals surface area contributed by atoms with E-state index >= 15 is 0 Å². The van der Waals surface area contributed by atoms with Crippen molar-refractivity contribution < 1.29 is 23.8 Å². The molecule has 1 aliphatic heterocycles. The smallest absolute Gasteiger partial charge is 0.431 e. The summed E-state index contributed by atoms with van der Waals surface area (Å²) >= 11 is 1.16. The number of carbonyl (C=O) groups is 1. The van der Waals surface area contributed by atoms with Gasteiger partial charge in [0, 0.05) is 6.42 Å². The van der Waals surface area contributed by atoms with Gasteiger partial charge in [-0.3, -0.25) is 14.3 Å². The largest absolute Gasteiger partial charge is 0.508 e. The Morgan fingerprint density at radius 3 is 2.76 bits per heavy atom. The molecule has 2 rings (SSSR count). The van der Waals surface area contributed by atoms with E-state index in [0.717, 1.165) is 22.5 Å². The summed E-state index contributed by atoms with van der Waals surface area (Å²) in [6.45, 7) is 3.48. The zero-order chi connectivity index (χ0) is 18.6. The van der Waals surface area contributed by atoms with Crippen LogP contribution in [0.4, 0.5) is 9.18 Å². The molecule has 2 heterocycles. The fraction of sp³-hybridized carbons (Fsp3) is 0.667. The van der Waals surface area contributed by atoms with E-state index in [-0.39, 0.29) is 19.1 Å². The van der Waals surface area contributed by atoms with Crippen LogP contribution < -0.4 is 11.2 Å². The van der Waals surface area contributed by atoms with E-state index in [0.29, 0.717) is 12.8 Å². The SMILES string of the molecule is CCC(CC)OC(=O)O[C@H]1C[C@H](n2cc(F)c(=O)[nH]c2=O)S[C@@H]1CO. The van der Waals surface area contributed by atoms with Gasteiger partial charge in [0.2, 0.25) is 5.82 Å². The highest BCUT2D eigenvalue weighted by atomic mass is 32.2. The molecule has 0 amide bonds. The van der Waals surface area contributed by atoms with Crippen LogP contribution in [0.5, 0.6) is 0 Å². The second-order valence-corrected chi connectivity index (χ2v) is 7.08. The number of nitrogens with one attached hydrogen (secondary N) is 1. The molecule has 0 spiro atoms. The monoisotopic (exact) mass is 376 g/mol. The fourth-order valence-corrected chi connectivity index (χ4v) is 4.00. The lowest BCUT2D eigenvalue weighted by molar-refractivity contribution is -0.00775. The van der Waals surface area contributed by atoms with Gasteiger partial charge in [-0.1, -0.05) is 13.8 Å². The summed E-state index contributed by atoms with van der Waals surface area (Å²) in [6, 6.07) is 0. The molecule has 2 N–H and O–H groups in total. The molecule has 1 aromatic heterocycles. The molecule has 10 heteroatoms. The maximum absolute atomic E-state index is 13.5. The third-order valence-electron chi connectivity index (χ3n) is 4.02. The first-order valence-corrected chi connectivity index (χ1v) is 8.98. The third kappa shape index (κ3) is 4.63. The molecule has 1 saturated heterocycles. The van der Waals surface area contributed by atoms with Crippen LogP contribution in [-0.2, 0) is 9.47 Å². The van der Waals surface area contributed by atoms with Gasteiger partial charge < -0.3 is 14.6 Å². The van der Waals surface area contributed by atoms with Crippen molar-refractivity contribution >= 4 is 17.9 Å². The van der Waals surface area contributed by atoms with Gasteiger partial charge in [0.05, 0.1) is 23.4 Å². The second kappa shape index (κ2) is 8.52. The number of aromatic nitrogens is 2. The molecule has 0 aromatic carbocycles. The van der Waals surface area contributed by atoms with Crippen molar-refractivity contribution in [1.82, 2.24) is 9.55 Å². The lowest BCUT2D eigenvalue weighted by Gasteiger charge is -2.19. The number of carbonyl (C=O) groups excluding carboxylic acids is 1. The standard InChI is InChI=1S/C15H21FN2O6S/c1-3-8(4-2)23-15(22)24-10-5-12(25-11(10)7-19)18-6-9(16)13(20)17-14(18)21/h6,8,10-12,19H,3-5,7H2,1-2H3,(H,17,20,21)/t10-,11+,12+/m0/s1. The summed E-state index contributed by atoms with van der Waals surface area (Å²) in [6.07, 6.45) is 0.534. The summed E-state index contributed by atoms with van der Waals surface area (Å²) < 4.78 is 24.9. The molecular weight excluding hydrogens is 355 g/mol. The van der Waals surface area contributed by atoms with Crippen molar-refractivity contribution in [3.63, 3.8) is 0 Å². The molecule has 1 aromatic rings. The summed E-state index contributed by atoms with van der Waals surface area (Å²) in [5, 5.41) is 8.42. The van der Waals surface area contributed by atoms with Crippen LogP contribution in [0, 0.1) is 5.82 Å². The van der Waals surface area contributed by atoms with Crippen molar-refractivity contribution in [3.8, 4) is 0 Å². The Balaban J connectivity index is 2.10. The Labute approximate surface area is 147 Å². The summed E-state index contributed by atoms with van der Waals surface area (Å²) in [5.41, 5.74) is -1.86. The number of aromatic amines is 1. The molecule has 0 bridgehead atoms. The van der Waals surface area contributed by atoms with Crippen LogP contribution in [0.25, 0.3) is 0 Å². The van der Waals surface area contributed by atoms with Gasteiger partial charge in [0.1, 0.15) is 12.2 Å². The first-order chi connectivity index (χ1) is 11.9. The number of aliphatic hydroxyl groups is 1. The van der Waals surface area contributed by atoms with Gasteiger partial charge in [-0.2, -0.15) is 4.39 Å². The van der Waals surface area contributed by atoms with Gasteiger partial charge in [0.25, 0.3) is 5.56 Å². The van der Waals surface area contributed by atoms with E-state index in [2.05, 4.69) is 0 Å². The van der Waals surface area contributed by atoms with Crippen molar-refractivity contribution in [2.24, 2.45) is 0 Å². The number of nitrogens with zero attached hydrogens (tertiary/aromatic N) is 1. The maximum atomic E-state index is 13.5. The molecular formula is C15H21FN2O6S. The minimum Gasteiger partial charge on any atom is -0.431 e. The van der Waals surface area contributed by atoms with Crippen LogP contribution in [0.1, 0.15) is 38.5 Å². The Morgan fingerprint density at radius 1 is 1.48 bits per heavy atom. The Kier molecular flexibility index (Phi) is 6.65. The van der Waals surface area contributed by atoms with Gasteiger partial charge >= 0.3 is 11.8 Å². The molecule has 8 nitrogen and oxygen atoms in total. The topological polar surface area (TPSA) is 111 Å². The van der Waals surface area contributed by atoms with Crippen molar-refractivity contribution in [3.05, 3.63) is 32.9 Å². The number of hydrogen-bond donors (Lipinski definition) is 2. The van der Waals surface area contributed by atoms with Gasteiger partial charge in [0.15, 0.2) is 0 Å². The van der Waals surface area contributed by atoms with E-state index in [1.807, 2.05) is 18.8 Å². The van der Waals surface area contributed by atoms with Crippen molar-refractivity contribution in [1.29, 1.82) is 0 Å². The van der Waals surface area contributed by atoms with Gasteiger partial charge in [-0.15, -0.1) is 11.8 Å². The zero-order valence-corrected chi connectivity index (χ0v) is 14.8. The average Bonchev–Trinajstić information content (AvgIpc) is 2.98. The first-order valence-electron chi connectivity index (χ1n) is 8.04. The van der Waals surface area contributed by atoms with Crippen LogP contribution in [0.15, 0.2) is 15.8 Å². The van der Waals surface area contributed by atoms with E-state index < -0.39 is 39.9 Å². The fourth-order valence-electron chi connectivity index (χ4n) is 2.58. The lowest BCUT2D eigenvalue weighted by atomic mass is 10.2. The Hall–Kier alpha value is -1.81. The van der Waals surface area contributed by atoms with Crippen molar-refractivity contribution in [2.75, 3.05) is 6.61 Å². The van der Waals surface area contributed by atoms with Crippen LogP contribution in [0.3, 0.4) is 0 Å². The summed E-state index contributed by atoms with van der Waals surface area (Å²) in [7, 11) is 0. The number of aliphatic hydroxyl groups excluding tert-OH is 1. The maximum Gasteiger partial charge on any atom is 0.508 e. The molecule has 0 unspecified atom stereocenters. The number of ether oxygens (including phenoxy) is 2. The predicted octanol–water partition coefficient (Wildman–Crippen LogP) is 1.38. The zero-order valence-electron chi connectivity index (χ0n) is 13.9. The van der Waals surface area contributed by atoms with Crippen molar-refractivity contribution in [2.45, 2.75) is 55.9 Å². The molecule has 0 aliphatic carbocycles. The van der Waals surface area contributed by atoms with E-state index in [4.69, 9.17) is 9.47 Å². The number of rotatable bonds is 6. The first kappa shape index (κ1) is 19.5. The van der Waals surface area contributed by atoms with Crippen LogP contribution in [0.2, 0.25) is 0 Å². The van der Waals surface area contributed by atoms with Crippen LogP contribution in [-0.4, -0.2) is 44.9 Å². The summed E-state index contributed by atoms with van der Waals surface area (Å²) in [4.78, 5) is 36.7. The van der Waals surface area contributed by atoms with Gasteiger partial charge in [-0.25, -0.2) is 9.59 Å². The predicted molar refractivity (Wildman–Crippen MR) is 89.1 cm³/mol. The average molecular weight is 376 g/mol. The number of halogens is 1. The van der Waals surface area contributed by atoms with Crippen LogP contribution >= 0.6 is 11.8 Å². The molecule has 140 valence electrons. The normalized spacial score (nSPS) is 23.0. The highest BCUT2D eigenvalue weighted by molar-refractivity contribution is 8.00. The number of thioether (sulfide) groups is 1. The Bertz CT molecular complexity index is 717. The van der Waals surface area contributed by atoms with Gasteiger partial charge in [-0.05, 0) is 12.8 Å². The highest BCUT2D eigenvalue weighted by Crippen LogP contribution is 2.42.